The van der Waals surface area contributed by atoms with Crippen molar-refractivity contribution in [2.45, 2.75) is 77.8 Å². The second kappa shape index (κ2) is 18.3. The van der Waals surface area contributed by atoms with Crippen LogP contribution in [0.5, 0.6) is 0 Å². The van der Waals surface area contributed by atoms with E-state index in [1.807, 2.05) is 50.1 Å². The van der Waals surface area contributed by atoms with E-state index >= 15 is 0 Å². The van der Waals surface area contributed by atoms with E-state index in [1.165, 1.54) is 0 Å². The molecule has 0 unspecified atom stereocenters. The van der Waals surface area contributed by atoms with Crippen molar-refractivity contribution in [2.75, 3.05) is 5.23 Å². The largest absolute Gasteiger partial charge is 0.486 e. The molecule has 0 saturated carbocycles. The molecule has 0 spiro atoms. The first-order valence-electron chi connectivity index (χ1n) is 9.29. The maximum atomic E-state index is 6.58. The molecule has 2 aliphatic rings. The second-order valence-corrected chi connectivity index (χ2v) is 17.4. The van der Waals surface area contributed by atoms with Gasteiger partial charge in [-0.15, -0.1) is 67.1 Å². The summed E-state index contributed by atoms with van der Waals surface area (Å²) >= 11 is 10.6. The van der Waals surface area contributed by atoms with Crippen LogP contribution in [-0.2, 0) is 37.2 Å². The summed E-state index contributed by atoms with van der Waals surface area (Å²) < 4.78 is 22.7. The summed E-state index contributed by atoms with van der Waals surface area (Å²) in [7, 11) is 0.913. The second-order valence-electron chi connectivity index (χ2n) is 8.33. The van der Waals surface area contributed by atoms with Crippen molar-refractivity contribution in [3.8, 4) is 0 Å². The van der Waals surface area contributed by atoms with Gasteiger partial charge in [-0.2, -0.15) is 0 Å². The molecule has 2 fully saturated rings. The minimum Gasteiger partial charge on any atom is -0.403 e. The Balaban J connectivity index is -0.000000378. The molecule has 6 nitrogen and oxygen atoms in total. The van der Waals surface area contributed by atoms with Gasteiger partial charge in [0.1, 0.15) is 0 Å². The average Bonchev–Trinajstić information content (AvgIpc) is 3.01. The van der Waals surface area contributed by atoms with Crippen LogP contribution >= 0.6 is 92.9 Å². The van der Waals surface area contributed by atoms with Crippen molar-refractivity contribution in [1.82, 2.24) is 0 Å². The summed E-state index contributed by atoms with van der Waals surface area (Å²) in [5.74, 6) is 1.68. The molecular formula is C15H31B4Br2I2N2O4P2V. The molecule has 2 aliphatic heterocycles. The van der Waals surface area contributed by atoms with E-state index in [0.717, 1.165) is 5.23 Å². The SMILES string of the molecule is C=CB1OC(C)(C)C(C)(C)O1.CC1(C)OB(CBr)OC1(C)C.N=PB(Br)I.N=P[B]I.[V]. The summed E-state index contributed by atoms with van der Waals surface area (Å²) in [5.41, 5.74) is -0.839. The fourth-order valence-electron chi connectivity index (χ4n) is 2.01. The van der Waals surface area contributed by atoms with Crippen LogP contribution in [0.3, 0.4) is 0 Å². The molecule has 0 atom stereocenters. The smallest absolute Gasteiger partial charge is 0.403 e. The van der Waals surface area contributed by atoms with E-state index in [0.29, 0.717) is 19.6 Å². The number of halogens is 4. The summed E-state index contributed by atoms with van der Waals surface area (Å²) in [6.45, 7) is 19.9. The Labute approximate surface area is 255 Å². The zero-order valence-electron chi connectivity index (χ0n) is 19.8. The zero-order valence-corrected chi connectivity index (χ0v) is 30.5. The third-order valence-corrected chi connectivity index (χ3v) is 8.15. The van der Waals surface area contributed by atoms with Gasteiger partial charge in [-0.3, -0.25) is 10.3 Å². The van der Waals surface area contributed by atoms with E-state index in [1.54, 1.807) is 10.8 Å². The molecule has 0 bridgehead atoms. The van der Waals surface area contributed by atoms with Crippen LogP contribution in [0.25, 0.3) is 0 Å². The quantitative estimate of drug-likeness (QED) is 0.130. The Morgan fingerprint density at radius 1 is 0.969 bits per heavy atom. The van der Waals surface area contributed by atoms with Gasteiger partial charge in [0, 0.05) is 23.8 Å². The molecule has 32 heavy (non-hydrogen) atoms. The van der Waals surface area contributed by atoms with Gasteiger partial charge >= 0.3 is 17.3 Å². The van der Waals surface area contributed by atoms with Gasteiger partial charge in [0.25, 0.3) is 4.86 Å². The zero-order chi connectivity index (χ0) is 25.1. The molecule has 17 heteroatoms. The number of rotatable bonds is 4. The van der Waals surface area contributed by atoms with Gasteiger partial charge in [0.2, 0.25) is 0 Å². The van der Waals surface area contributed by atoms with Gasteiger partial charge in [-0.1, -0.05) is 21.9 Å². The fraction of sp³-hybridized carbons (Fsp3) is 0.867. The van der Waals surface area contributed by atoms with E-state index in [9.17, 15) is 0 Å². The van der Waals surface area contributed by atoms with Gasteiger partial charge in [0.15, 0.2) is 0 Å². The number of alkyl halides is 1. The Hall–Kier alpha value is 3.04. The summed E-state index contributed by atoms with van der Waals surface area (Å²) in [4.78, 5) is 1.73. The van der Waals surface area contributed by atoms with Crippen molar-refractivity contribution < 1.29 is 37.2 Å². The molecule has 2 N–H and O–H groups in total. The maximum Gasteiger partial charge on any atom is 0.486 e. The molecule has 0 amide bonds. The average molecular weight is 873 g/mol. The summed E-state index contributed by atoms with van der Waals surface area (Å²) in [6, 6.07) is 0. The topological polar surface area (TPSA) is 84.6 Å². The molecule has 0 aromatic rings. The van der Waals surface area contributed by atoms with Crippen molar-refractivity contribution in [2.24, 2.45) is 0 Å². The molecule has 2 heterocycles. The van der Waals surface area contributed by atoms with Crippen molar-refractivity contribution >= 4 is 115 Å². The molecular weight excluding hydrogens is 842 g/mol. The Bertz CT molecular complexity index is 558. The number of hydrogen-bond acceptors (Lipinski definition) is 6. The van der Waals surface area contributed by atoms with E-state index < -0.39 is 0 Å². The monoisotopic (exact) mass is 872 g/mol. The molecule has 0 aromatic carbocycles. The van der Waals surface area contributed by atoms with Crippen LogP contribution in [0.2, 0.25) is 0 Å². The van der Waals surface area contributed by atoms with Gasteiger partial charge in [-0.05, 0) is 71.9 Å². The van der Waals surface area contributed by atoms with Crippen molar-refractivity contribution in [3.05, 3.63) is 12.6 Å². The minimum atomic E-state index is -0.250. The molecule has 2 radical (unpaired) electrons. The first-order chi connectivity index (χ1) is 14.0. The van der Waals surface area contributed by atoms with Gasteiger partial charge in [0.05, 0.1) is 22.4 Å². The van der Waals surface area contributed by atoms with E-state index in [4.69, 9.17) is 28.9 Å². The summed E-state index contributed by atoms with van der Waals surface area (Å²) in [6.07, 6.45) is 0. The van der Waals surface area contributed by atoms with Crippen molar-refractivity contribution in [1.29, 1.82) is 10.3 Å². The molecule has 2 saturated heterocycles. The van der Waals surface area contributed by atoms with Crippen molar-refractivity contribution in [3.63, 3.8) is 0 Å². The van der Waals surface area contributed by atoms with Gasteiger partial charge < -0.3 is 18.6 Å². The predicted molar refractivity (Wildman–Crippen MR) is 164 cm³/mol. The molecule has 180 valence electrons. The normalized spacial score (nSPS) is 21.0. The van der Waals surface area contributed by atoms with E-state index in [-0.39, 0.29) is 55.2 Å². The Kier molecular flexibility index (Phi) is 22.6. The predicted octanol–water partition coefficient (Wildman–Crippen LogP) is 7.99. The standard InChI is InChI=1S/C8H15BO2.C7H14BBrO2.BBrHINP.BHINP.V/c1-6-9-10-7(2,3)8(4,5)11-9;1-6(2)7(3,4)11-8(5-9)10-6;2-1(3)5-4;2-1-4-3;/h6H,1H2,2-5H3;5H2,1-4H3;4H;3H;. The van der Waals surface area contributed by atoms with E-state index in [2.05, 4.69) is 88.3 Å². The third kappa shape index (κ3) is 14.7. The van der Waals surface area contributed by atoms with Crippen LogP contribution in [0.4, 0.5) is 0 Å². The summed E-state index contributed by atoms with van der Waals surface area (Å²) in [5, 5.41) is 13.7. The fourth-order valence-corrected chi connectivity index (χ4v) is 2.28. The number of hydrogen-bond donors (Lipinski definition) is 2. The Morgan fingerprint density at radius 3 is 1.38 bits per heavy atom. The minimum absolute atomic E-state index is 0. The first-order valence-corrected chi connectivity index (χ1v) is 15.8. The van der Waals surface area contributed by atoms with Gasteiger partial charge in [-0.25, -0.2) is 0 Å². The Morgan fingerprint density at radius 2 is 1.25 bits per heavy atom. The number of nitrogens with one attached hydrogen (secondary N) is 2. The molecule has 2 rings (SSSR count). The molecule has 0 aromatic heterocycles. The maximum absolute atomic E-state index is 6.58. The van der Waals surface area contributed by atoms with Crippen LogP contribution in [0, 0.1) is 10.3 Å². The molecule has 0 aliphatic carbocycles. The first kappa shape index (κ1) is 39.6. The van der Waals surface area contributed by atoms with Crippen LogP contribution in [0.15, 0.2) is 12.6 Å². The third-order valence-electron chi connectivity index (χ3n) is 5.04. The van der Waals surface area contributed by atoms with Crippen LogP contribution < -0.4 is 0 Å². The van der Waals surface area contributed by atoms with Crippen LogP contribution in [0.1, 0.15) is 55.4 Å². The van der Waals surface area contributed by atoms with Crippen LogP contribution in [-0.4, -0.2) is 49.8 Å².